The number of amides is 2. The van der Waals surface area contributed by atoms with E-state index in [2.05, 4.69) is 10.6 Å². The molecule has 2 amide bonds. The fraction of sp³-hybridized carbons (Fsp3) is 0.250. The third kappa shape index (κ3) is 5.43. The Labute approximate surface area is 157 Å². The number of carbonyl (C=O) groups is 3. The van der Waals surface area contributed by atoms with Crippen molar-refractivity contribution in [3.63, 3.8) is 0 Å². The summed E-state index contributed by atoms with van der Waals surface area (Å²) in [5, 5.41) is 5.91. The molecule has 0 saturated carbocycles. The quantitative estimate of drug-likeness (QED) is 0.748. The van der Waals surface area contributed by atoms with Gasteiger partial charge in [-0.25, -0.2) is 0 Å². The maximum Gasteiger partial charge on any atom is 0.235 e. The predicted molar refractivity (Wildman–Crippen MR) is 103 cm³/mol. The maximum absolute atomic E-state index is 12.4. The zero-order valence-corrected chi connectivity index (χ0v) is 15.7. The molecular weight excluding hydrogens is 352 g/mol. The molecule has 6 heteroatoms. The number of halogens is 1. The Hall–Kier alpha value is -2.66. The smallest absolute Gasteiger partial charge is 0.235 e. The van der Waals surface area contributed by atoms with Crippen molar-refractivity contribution in [2.24, 2.45) is 5.92 Å². The van der Waals surface area contributed by atoms with E-state index < -0.39 is 11.8 Å². The Morgan fingerprint density at radius 3 is 2.12 bits per heavy atom. The molecular formula is C20H21ClN2O3. The predicted octanol–water partition coefficient (Wildman–Crippen LogP) is 4.13. The highest BCUT2D eigenvalue weighted by Gasteiger charge is 2.26. The van der Waals surface area contributed by atoms with Crippen molar-refractivity contribution in [3.8, 4) is 0 Å². The number of hydrogen-bond acceptors (Lipinski definition) is 3. The Morgan fingerprint density at radius 2 is 1.54 bits per heavy atom. The van der Waals surface area contributed by atoms with Crippen LogP contribution in [0, 0.1) is 19.8 Å². The number of rotatable bonds is 6. The molecule has 2 rings (SSSR count). The van der Waals surface area contributed by atoms with Crippen LogP contribution in [0.5, 0.6) is 0 Å². The number of ketones is 1. The second kappa shape index (κ2) is 8.63. The summed E-state index contributed by atoms with van der Waals surface area (Å²) in [5.41, 5.74) is 3.32. The maximum atomic E-state index is 12.4. The van der Waals surface area contributed by atoms with Crippen molar-refractivity contribution >= 4 is 40.6 Å². The van der Waals surface area contributed by atoms with E-state index >= 15 is 0 Å². The molecule has 0 aromatic heterocycles. The SMILES string of the molecule is CC(=O)[C@@H](CC(=O)Nc1ccc(C)c(C)c1)C(=O)Nc1ccc(Cl)cc1. The van der Waals surface area contributed by atoms with Gasteiger partial charge >= 0.3 is 0 Å². The molecule has 0 heterocycles. The minimum absolute atomic E-state index is 0.221. The minimum atomic E-state index is -1.06. The number of hydrogen-bond donors (Lipinski definition) is 2. The zero-order chi connectivity index (χ0) is 19.3. The largest absolute Gasteiger partial charge is 0.326 e. The molecule has 1 atom stereocenters. The van der Waals surface area contributed by atoms with Crippen LogP contribution < -0.4 is 10.6 Å². The van der Waals surface area contributed by atoms with E-state index in [4.69, 9.17) is 11.6 Å². The molecule has 2 aromatic carbocycles. The van der Waals surface area contributed by atoms with Gasteiger partial charge in [-0.3, -0.25) is 14.4 Å². The Kier molecular flexibility index (Phi) is 6.52. The number of anilines is 2. The molecule has 0 aliphatic carbocycles. The van der Waals surface area contributed by atoms with E-state index in [9.17, 15) is 14.4 Å². The van der Waals surface area contributed by atoms with Crippen molar-refractivity contribution < 1.29 is 14.4 Å². The summed E-state index contributed by atoms with van der Waals surface area (Å²) in [6.07, 6.45) is -0.221. The van der Waals surface area contributed by atoms with E-state index in [0.717, 1.165) is 11.1 Å². The summed E-state index contributed by atoms with van der Waals surface area (Å²) in [7, 11) is 0. The van der Waals surface area contributed by atoms with Crippen molar-refractivity contribution in [1.29, 1.82) is 0 Å². The van der Waals surface area contributed by atoms with Gasteiger partial charge in [-0.05, 0) is 68.3 Å². The van der Waals surface area contributed by atoms with Crippen LogP contribution in [-0.2, 0) is 14.4 Å². The van der Waals surface area contributed by atoms with E-state index in [0.29, 0.717) is 16.4 Å². The van der Waals surface area contributed by atoms with Gasteiger partial charge in [0.05, 0.1) is 0 Å². The van der Waals surface area contributed by atoms with Crippen molar-refractivity contribution in [3.05, 3.63) is 58.6 Å². The highest BCUT2D eigenvalue weighted by Crippen LogP contribution is 2.18. The molecule has 0 aliphatic heterocycles. The van der Waals surface area contributed by atoms with Crippen LogP contribution in [0.15, 0.2) is 42.5 Å². The van der Waals surface area contributed by atoms with Crippen molar-refractivity contribution in [2.75, 3.05) is 10.6 Å². The van der Waals surface area contributed by atoms with E-state index in [1.54, 1.807) is 30.3 Å². The van der Waals surface area contributed by atoms with Crippen LogP contribution >= 0.6 is 11.6 Å². The average molecular weight is 373 g/mol. The van der Waals surface area contributed by atoms with Crippen LogP contribution in [0.2, 0.25) is 5.02 Å². The first-order chi connectivity index (χ1) is 12.3. The monoisotopic (exact) mass is 372 g/mol. The first-order valence-corrected chi connectivity index (χ1v) is 8.58. The molecule has 5 nitrogen and oxygen atoms in total. The van der Waals surface area contributed by atoms with Gasteiger partial charge in [0.2, 0.25) is 11.8 Å². The van der Waals surface area contributed by atoms with Gasteiger partial charge in [0, 0.05) is 22.8 Å². The second-order valence-corrected chi connectivity index (χ2v) is 6.65. The Morgan fingerprint density at radius 1 is 0.923 bits per heavy atom. The van der Waals surface area contributed by atoms with Crippen LogP contribution in [0.4, 0.5) is 11.4 Å². The first-order valence-electron chi connectivity index (χ1n) is 8.20. The van der Waals surface area contributed by atoms with Crippen molar-refractivity contribution in [2.45, 2.75) is 27.2 Å². The minimum Gasteiger partial charge on any atom is -0.326 e. The number of aryl methyl sites for hydroxylation is 2. The highest BCUT2D eigenvalue weighted by atomic mass is 35.5. The van der Waals surface area contributed by atoms with Crippen LogP contribution in [0.3, 0.4) is 0 Å². The van der Waals surface area contributed by atoms with E-state index in [1.807, 2.05) is 26.0 Å². The molecule has 0 bridgehead atoms. The molecule has 26 heavy (non-hydrogen) atoms. The summed E-state index contributed by atoms with van der Waals surface area (Å²) in [6, 6.07) is 12.1. The average Bonchev–Trinajstić information content (AvgIpc) is 2.57. The molecule has 0 spiro atoms. The molecule has 2 aromatic rings. The van der Waals surface area contributed by atoms with E-state index in [-0.39, 0.29) is 18.1 Å². The molecule has 0 unspecified atom stereocenters. The Bertz CT molecular complexity index is 831. The Balaban J connectivity index is 2.03. The second-order valence-electron chi connectivity index (χ2n) is 6.21. The summed E-state index contributed by atoms with van der Waals surface area (Å²) >= 11 is 5.81. The van der Waals surface area contributed by atoms with Crippen LogP contribution in [0.25, 0.3) is 0 Å². The van der Waals surface area contributed by atoms with Gasteiger partial charge in [0.25, 0.3) is 0 Å². The lowest BCUT2D eigenvalue weighted by Gasteiger charge is -2.14. The summed E-state index contributed by atoms with van der Waals surface area (Å²) < 4.78 is 0. The topological polar surface area (TPSA) is 75.3 Å². The molecule has 2 N–H and O–H groups in total. The van der Waals surface area contributed by atoms with Crippen LogP contribution in [-0.4, -0.2) is 17.6 Å². The first kappa shape index (κ1) is 19.7. The lowest BCUT2D eigenvalue weighted by Crippen LogP contribution is -2.32. The van der Waals surface area contributed by atoms with Crippen molar-refractivity contribution in [1.82, 2.24) is 0 Å². The highest BCUT2D eigenvalue weighted by molar-refractivity contribution is 6.30. The lowest BCUT2D eigenvalue weighted by molar-refractivity contribution is -0.133. The lowest BCUT2D eigenvalue weighted by atomic mass is 9.99. The normalized spacial score (nSPS) is 11.5. The molecule has 0 fully saturated rings. The standard InChI is InChI=1S/C20H21ClN2O3/c1-12-4-7-17(10-13(12)2)22-19(25)11-18(14(3)24)20(26)23-16-8-5-15(21)6-9-16/h4-10,18H,11H2,1-3H3,(H,22,25)(H,23,26)/t18-/m1/s1. The van der Waals surface area contributed by atoms with Gasteiger partial charge < -0.3 is 10.6 Å². The van der Waals surface area contributed by atoms with Crippen LogP contribution in [0.1, 0.15) is 24.5 Å². The number of Topliss-reactive ketones (excluding diaryl/α,β-unsaturated/α-hetero) is 1. The summed E-state index contributed by atoms with van der Waals surface area (Å²) in [4.78, 5) is 36.5. The summed E-state index contributed by atoms with van der Waals surface area (Å²) in [5.74, 6) is -2.33. The zero-order valence-electron chi connectivity index (χ0n) is 14.9. The number of carbonyl (C=O) groups excluding carboxylic acids is 3. The number of nitrogens with one attached hydrogen (secondary N) is 2. The summed E-state index contributed by atoms with van der Waals surface area (Å²) in [6.45, 7) is 5.23. The van der Waals surface area contributed by atoms with Gasteiger partial charge in [-0.15, -0.1) is 0 Å². The van der Waals surface area contributed by atoms with Gasteiger partial charge in [0.15, 0.2) is 0 Å². The van der Waals surface area contributed by atoms with Gasteiger partial charge in [-0.2, -0.15) is 0 Å². The fourth-order valence-electron chi connectivity index (χ4n) is 2.40. The van der Waals surface area contributed by atoms with E-state index in [1.165, 1.54) is 6.92 Å². The third-order valence-corrected chi connectivity index (χ3v) is 4.35. The molecule has 0 aliphatic rings. The van der Waals surface area contributed by atoms with Gasteiger partial charge in [-0.1, -0.05) is 17.7 Å². The third-order valence-electron chi connectivity index (χ3n) is 4.10. The molecule has 0 saturated heterocycles. The fourth-order valence-corrected chi connectivity index (χ4v) is 2.53. The number of benzene rings is 2. The molecule has 136 valence electrons. The van der Waals surface area contributed by atoms with Gasteiger partial charge in [0.1, 0.15) is 11.7 Å². The molecule has 0 radical (unpaired) electrons.